The van der Waals surface area contributed by atoms with Crippen molar-refractivity contribution < 1.29 is 0 Å². The normalized spacial score (nSPS) is 11.1. The summed E-state index contributed by atoms with van der Waals surface area (Å²) in [6.45, 7) is 1.22. The van der Waals surface area contributed by atoms with Gasteiger partial charge in [0.05, 0.1) is 30.3 Å². The van der Waals surface area contributed by atoms with Crippen LogP contribution in [0.1, 0.15) is 0 Å². The molecule has 0 spiro atoms. The van der Waals surface area contributed by atoms with Crippen molar-refractivity contribution in [3.05, 3.63) is 34.0 Å². The molecular formula is C12H17ClN6O. The molecule has 0 amide bonds. The fraction of sp³-hybridized carbons (Fsp3) is 0.417. The summed E-state index contributed by atoms with van der Waals surface area (Å²) in [5, 5.41) is 11.3. The number of nitrogens with one attached hydrogen (secondary N) is 1. The van der Waals surface area contributed by atoms with Crippen LogP contribution in [0, 0.1) is 0 Å². The minimum Gasteiger partial charge on any atom is -0.350 e. The van der Waals surface area contributed by atoms with E-state index in [4.69, 9.17) is 11.6 Å². The van der Waals surface area contributed by atoms with Crippen molar-refractivity contribution in [3.63, 3.8) is 0 Å². The SMILES string of the molecule is CN(C)CCn1ncc(Nc2cnn(C)c2)c(Cl)c1=O. The molecule has 0 aliphatic carbocycles. The number of hydrogen-bond donors (Lipinski definition) is 1. The first-order chi connectivity index (χ1) is 9.47. The molecule has 0 unspecified atom stereocenters. The molecule has 7 nitrogen and oxygen atoms in total. The van der Waals surface area contributed by atoms with Crippen LogP contribution in [0.5, 0.6) is 0 Å². The predicted molar refractivity (Wildman–Crippen MR) is 78.6 cm³/mol. The second-order valence-electron chi connectivity index (χ2n) is 4.73. The van der Waals surface area contributed by atoms with Gasteiger partial charge < -0.3 is 10.2 Å². The van der Waals surface area contributed by atoms with E-state index in [0.717, 1.165) is 12.2 Å². The van der Waals surface area contributed by atoms with Crippen LogP contribution in [0.25, 0.3) is 0 Å². The van der Waals surface area contributed by atoms with E-state index in [9.17, 15) is 4.79 Å². The van der Waals surface area contributed by atoms with Crippen LogP contribution in [0.4, 0.5) is 11.4 Å². The highest BCUT2D eigenvalue weighted by atomic mass is 35.5. The molecule has 2 rings (SSSR count). The molecule has 2 aromatic rings. The maximum Gasteiger partial charge on any atom is 0.287 e. The number of hydrogen-bond acceptors (Lipinski definition) is 5. The zero-order valence-corrected chi connectivity index (χ0v) is 12.4. The zero-order chi connectivity index (χ0) is 14.7. The van der Waals surface area contributed by atoms with Gasteiger partial charge >= 0.3 is 0 Å². The van der Waals surface area contributed by atoms with Crippen molar-refractivity contribution >= 4 is 23.0 Å². The molecule has 108 valence electrons. The van der Waals surface area contributed by atoms with E-state index in [0.29, 0.717) is 12.2 Å². The van der Waals surface area contributed by atoms with Crippen molar-refractivity contribution in [1.29, 1.82) is 0 Å². The van der Waals surface area contributed by atoms with Gasteiger partial charge in [0.15, 0.2) is 0 Å². The van der Waals surface area contributed by atoms with E-state index in [2.05, 4.69) is 15.5 Å². The minimum absolute atomic E-state index is 0.127. The number of halogens is 1. The van der Waals surface area contributed by atoms with Crippen LogP contribution in [-0.4, -0.2) is 45.1 Å². The van der Waals surface area contributed by atoms with Crippen molar-refractivity contribution in [3.8, 4) is 0 Å². The first kappa shape index (κ1) is 14.5. The molecule has 0 radical (unpaired) electrons. The molecule has 1 N–H and O–H groups in total. The Hall–Kier alpha value is -1.86. The van der Waals surface area contributed by atoms with Crippen molar-refractivity contribution in [1.82, 2.24) is 24.5 Å². The third kappa shape index (κ3) is 3.37. The topological polar surface area (TPSA) is 68.0 Å². The van der Waals surface area contributed by atoms with Gasteiger partial charge in [0.2, 0.25) is 0 Å². The maximum atomic E-state index is 12.1. The number of anilines is 2. The zero-order valence-electron chi connectivity index (χ0n) is 11.7. The average Bonchev–Trinajstić information content (AvgIpc) is 2.79. The van der Waals surface area contributed by atoms with E-state index >= 15 is 0 Å². The van der Waals surface area contributed by atoms with Crippen LogP contribution in [0.15, 0.2) is 23.4 Å². The summed E-state index contributed by atoms with van der Waals surface area (Å²) in [6, 6.07) is 0. The average molecular weight is 297 g/mol. The van der Waals surface area contributed by atoms with Gasteiger partial charge in [-0.3, -0.25) is 9.48 Å². The number of aryl methyl sites for hydroxylation is 1. The second kappa shape index (κ2) is 6.06. The Labute approximate surface area is 121 Å². The highest BCUT2D eigenvalue weighted by Gasteiger charge is 2.10. The monoisotopic (exact) mass is 296 g/mol. The number of rotatable bonds is 5. The molecule has 2 heterocycles. The van der Waals surface area contributed by atoms with Crippen molar-refractivity contribution in [2.75, 3.05) is 26.0 Å². The Morgan fingerprint density at radius 3 is 2.70 bits per heavy atom. The van der Waals surface area contributed by atoms with Crippen LogP contribution in [0.3, 0.4) is 0 Å². The molecule has 0 fully saturated rings. The van der Waals surface area contributed by atoms with Gasteiger partial charge in [0.25, 0.3) is 5.56 Å². The molecule has 0 atom stereocenters. The summed E-state index contributed by atoms with van der Waals surface area (Å²) in [4.78, 5) is 14.1. The largest absolute Gasteiger partial charge is 0.350 e. The Bertz CT molecular complexity index is 648. The van der Waals surface area contributed by atoms with Crippen LogP contribution in [0.2, 0.25) is 5.02 Å². The van der Waals surface area contributed by atoms with E-state index < -0.39 is 0 Å². The van der Waals surface area contributed by atoms with E-state index in [1.165, 1.54) is 4.68 Å². The summed E-state index contributed by atoms with van der Waals surface area (Å²) < 4.78 is 3.01. The number of likely N-dealkylation sites (N-methyl/N-ethyl adjacent to an activating group) is 1. The maximum absolute atomic E-state index is 12.1. The van der Waals surface area contributed by atoms with Crippen LogP contribution >= 0.6 is 11.6 Å². The molecule has 8 heteroatoms. The molecule has 0 bridgehead atoms. The molecule has 20 heavy (non-hydrogen) atoms. The summed E-state index contributed by atoms with van der Waals surface area (Å²) in [7, 11) is 5.68. The van der Waals surface area contributed by atoms with Crippen LogP contribution < -0.4 is 10.9 Å². The fourth-order valence-electron chi connectivity index (χ4n) is 1.65. The minimum atomic E-state index is -0.303. The van der Waals surface area contributed by atoms with Gasteiger partial charge in [-0.25, -0.2) is 4.68 Å². The molecule has 0 aliphatic heterocycles. The van der Waals surface area contributed by atoms with Gasteiger partial charge in [-0.1, -0.05) is 11.6 Å². The lowest BCUT2D eigenvalue weighted by Gasteiger charge is -2.12. The van der Waals surface area contributed by atoms with Crippen LogP contribution in [-0.2, 0) is 13.6 Å². The molecular weight excluding hydrogens is 280 g/mol. The standard InChI is InChI=1S/C12H17ClN6O/c1-17(2)4-5-19-12(20)11(13)10(7-15-19)16-9-6-14-18(3)8-9/h6-8,16H,4-5H2,1-3H3. The Balaban J connectivity index is 2.20. The lowest BCUT2D eigenvalue weighted by molar-refractivity contribution is 0.367. The van der Waals surface area contributed by atoms with Crippen molar-refractivity contribution in [2.45, 2.75) is 6.54 Å². The third-order valence-electron chi connectivity index (χ3n) is 2.73. The summed E-state index contributed by atoms with van der Waals surface area (Å²) in [5.74, 6) is 0. The van der Waals surface area contributed by atoms with E-state index in [1.807, 2.05) is 26.0 Å². The summed E-state index contributed by atoms with van der Waals surface area (Å²) in [6.07, 6.45) is 4.98. The van der Waals surface area contributed by atoms with E-state index in [1.54, 1.807) is 23.3 Å². The third-order valence-corrected chi connectivity index (χ3v) is 3.09. The van der Waals surface area contributed by atoms with Gasteiger partial charge in [0, 0.05) is 19.8 Å². The molecule has 0 aromatic carbocycles. The molecule has 2 aromatic heterocycles. The summed E-state index contributed by atoms with van der Waals surface area (Å²) in [5.41, 5.74) is 0.926. The summed E-state index contributed by atoms with van der Waals surface area (Å²) >= 11 is 6.09. The second-order valence-corrected chi connectivity index (χ2v) is 5.11. The molecule has 0 saturated carbocycles. The molecule has 0 saturated heterocycles. The molecule has 0 aliphatic rings. The number of nitrogens with zero attached hydrogens (tertiary/aromatic N) is 5. The van der Waals surface area contributed by atoms with E-state index in [-0.39, 0.29) is 10.6 Å². The lowest BCUT2D eigenvalue weighted by atomic mass is 10.4. The van der Waals surface area contributed by atoms with Gasteiger partial charge in [-0.2, -0.15) is 10.2 Å². The van der Waals surface area contributed by atoms with Crippen molar-refractivity contribution in [2.24, 2.45) is 7.05 Å². The van der Waals surface area contributed by atoms with Gasteiger partial charge in [-0.15, -0.1) is 0 Å². The quantitative estimate of drug-likeness (QED) is 0.889. The smallest absolute Gasteiger partial charge is 0.287 e. The lowest BCUT2D eigenvalue weighted by Crippen LogP contribution is -2.29. The fourth-order valence-corrected chi connectivity index (χ4v) is 1.84. The Morgan fingerprint density at radius 2 is 2.10 bits per heavy atom. The van der Waals surface area contributed by atoms with Gasteiger partial charge in [0.1, 0.15) is 5.02 Å². The Kier molecular flexibility index (Phi) is 4.41. The first-order valence-corrected chi connectivity index (χ1v) is 6.51. The first-order valence-electron chi connectivity index (χ1n) is 6.13. The highest BCUT2D eigenvalue weighted by Crippen LogP contribution is 2.20. The van der Waals surface area contributed by atoms with Gasteiger partial charge in [-0.05, 0) is 14.1 Å². The number of aromatic nitrogens is 4. The Morgan fingerprint density at radius 1 is 1.35 bits per heavy atom. The highest BCUT2D eigenvalue weighted by molar-refractivity contribution is 6.33. The predicted octanol–water partition coefficient (Wildman–Crippen LogP) is 0.935.